The number of thiophene rings is 1. The molecule has 1 amide bonds. The zero-order chi connectivity index (χ0) is 16.8. The van der Waals surface area contributed by atoms with E-state index in [1.807, 2.05) is 42.5 Å². The number of carbonyl (C=O) groups is 2. The van der Waals surface area contributed by atoms with Gasteiger partial charge >= 0.3 is 0 Å². The molecule has 0 atom stereocenters. The van der Waals surface area contributed by atoms with Crippen LogP contribution in [0.1, 0.15) is 58.6 Å². The summed E-state index contributed by atoms with van der Waals surface area (Å²) in [5, 5.41) is 3.00. The number of amides is 1. The van der Waals surface area contributed by atoms with Crippen LogP contribution in [0.3, 0.4) is 0 Å². The van der Waals surface area contributed by atoms with Gasteiger partial charge in [0.15, 0.2) is 0 Å². The van der Waals surface area contributed by atoms with Gasteiger partial charge < -0.3 is 5.32 Å². The average molecular weight is 341 g/mol. The van der Waals surface area contributed by atoms with Crippen molar-refractivity contribution in [3.63, 3.8) is 0 Å². The van der Waals surface area contributed by atoms with Crippen LogP contribution in [0.4, 0.5) is 0 Å². The fourth-order valence-electron chi connectivity index (χ4n) is 3.24. The summed E-state index contributed by atoms with van der Waals surface area (Å²) in [7, 11) is 0. The molecule has 1 aromatic carbocycles. The molecule has 3 rings (SSSR count). The number of ketones is 1. The first-order valence-electron chi connectivity index (χ1n) is 8.67. The van der Waals surface area contributed by atoms with Crippen molar-refractivity contribution in [1.29, 1.82) is 0 Å². The molecule has 126 valence electrons. The van der Waals surface area contributed by atoms with Crippen LogP contribution in [0.5, 0.6) is 0 Å². The number of benzene rings is 1. The van der Waals surface area contributed by atoms with E-state index in [2.05, 4.69) is 5.32 Å². The topological polar surface area (TPSA) is 46.2 Å². The Morgan fingerprint density at radius 3 is 2.50 bits per heavy atom. The Morgan fingerprint density at radius 1 is 1.00 bits per heavy atom. The minimum Gasteiger partial charge on any atom is -0.351 e. The maximum absolute atomic E-state index is 12.4. The summed E-state index contributed by atoms with van der Waals surface area (Å²) >= 11 is 1.46. The molecule has 0 unspecified atom stereocenters. The van der Waals surface area contributed by atoms with Gasteiger partial charge in [-0.1, -0.05) is 49.6 Å². The maximum atomic E-state index is 12.4. The fourth-order valence-corrected chi connectivity index (χ4v) is 4.15. The molecule has 0 bridgehead atoms. The smallest absolute Gasteiger partial charge is 0.220 e. The Hall–Kier alpha value is -1.94. The molecule has 4 heteroatoms. The van der Waals surface area contributed by atoms with Crippen molar-refractivity contribution >= 4 is 23.0 Å². The number of hydrogen-bond acceptors (Lipinski definition) is 3. The van der Waals surface area contributed by atoms with Crippen LogP contribution in [-0.4, -0.2) is 11.7 Å². The summed E-state index contributed by atoms with van der Waals surface area (Å²) in [5.74, 6) is 0.726. The van der Waals surface area contributed by atoms with Crippen LogP contribution in [0, 0.1) is 5.92 Å². The second-order valence-corrected chi connectivity index (χ2v) is 7.61. The van der Waals surface area contributed by atoms with E-state index in [0.29, 0.717) is 24.4 Å². The first-order chi connectivity index (χ1) is 11.7. The Kier molecular flexibility index (Phi) is 5.81. The highest BCUT2D eigenvalue weighted by Crippen LogP contribution is 2.26. The molecule has 3 nitrogen and oxygen atoms in total. The quantitative estimate of drug-likeness (QED) is 0.783. The average Bonchev–Trinajstić information content (AvgIpc) is 3.10. The molecule has 0 spiro atoms. The first-order valence-corrected chi connectivity index (χ1v) is 9.49. The molecule has 24 heavy (non-hydrogen) atoms. The SMILES string of the molecule is O=C(CC1CCCCC1)NCc1ccc(C(=O)c2ccccc2)s1. The largest absolute Gasteiger partial charge is 0.351 e. The summed E-state index contributed by atoms with van der Waals surface area (Å²) in [6.07, 6.45) is 6.83. The van der Waals surface area contributed by atoms with Gasteiger partial charge in [0.25, 0.3) is 0 Å². The lowest BCUT2D eigenvalue weighted by atomic mass is 9.87. The summed E-state index contributed by atoms with van der Waals surface area (Å²) in [6, 6.07) is 13.1. The molecule has 2 aromatic rings. The number of carbonyl (C=O) groups excluding carboxylic acids is 2. The summed E-state index contributed by atoms with van der Waals surface area (Å²) in [6.45, 7) is 0.512. The minimum atomic E-state index is 0.0420. The zero-order valence-electron chi connectivity index (χ0n) is 13.8. The summed E-state index contributed by atoms with van der Waals surface area (Å²) in [5.41, 5.74) is 0.701. The van der Waals surface area contributed by atoms with Crippen LogP contribution in [0.15, 0.2) is 42.5 Å². The summed E-state index contributed by atoms with van der Waals surface area (Å²) in [4.78, 5) is 26.2. The van der Waals surface area contributed by atoms with Crippen LogP contribution in [0.2, 0.25) is 0 Å². The van der Waals surface area contributed by atoms with E-state index in [-0.39, 0.29) is 11.7 Å². The second kappa shape index (κ2) is 8.25. The first kappa shape index (κ1) is 16.9. The predicted molar refractivity (Wildman–Crippen MR) is 97.2 cm³/mol. The Bertz CT molecular complexity index is 687. The monoisotopic (exact) mass is 341 g/mol. The number of rotatable bonds is 6. The lowest BCUT2D eigenvalue weighted by Gasteiger charge is -2.20. The standard InChI is InChI=1S/C20H23NO2S/c22-19(13-15-7-3-1-4-8-15)21-14-17-11-12-18(24-17)20(23)16-9-5-2-6-10-16/h2,5-6,9-12,15H,1,3-4,7-8,13-14H2,(H,21,22). The zero-order valence-corrected chi connectivity index (χ0v) is 14.6. The van der Waals surface area contributed by atoms with Crippen molar-refractivity contribution in [1.82, 2.24) is 5.32 Å². The van der Waals surface area contributed by atoms with Crippen LogP contribution in [-0.2, 0) is 11.3 Å². The van der Waals surface area contributed by atoms with Gasteiger partial charge in [0, 0.05) is 16.9 Å². The van der Waals surface area contributed by atoms with Gasteiger partial charge in [-0.05, 0) is 30.9 Å². The Balaban J connectivity index is 1.50. The lowest BCUT2D eigenvalue weighted by molar-refractivity contribution is -0.122. The van der Waals surface area contributed by atoms with E-state index in [4.69, 9.17) is 0 Å². The van der Waals surface area contributed by atoms with Gasteiger partial charge in [0.1, 0.15) is 0 Å². The van der Waals surface area contributed by atoms with Crippen molar-refractivity contribution in [3.8, 4) is 0 Å². The molecule has 1 aliphatic rings. The third-order valence-corrected chi connectivity index (χ3v) is 5.66. The third kappa shape index (κ3) is 4.54. The predicted octanol–water partition coefficient (Wildman–Crippen LogP) is 4.57. The van der Waals surface area contributed by atoms with Crippen molar-refractivity contribution in [2.24, 2.45) is 5.92 Å². The van der Waals surface area contributed by atoms with Gasteiger partial charge in [-0.15, -0.1) is 11.3 Å². The maximum Gasteiger partial charge on any atom is 0.220 e. The molecular weight excluding hydrogens is 318 g/mol. The van der Waals surface area contributed by atoms with Crippen molar-refractivity contribution in [2.75, 3.05) is 0 Å². The van der Waals surface area contributed by atoms with Gasteiger partial charge in [0.05, 0.1) is 11.4 Å². The van der Waals surface area contributed by atoms with Crippen LogP contribution in [0.25, 0.3) is 0 Å². The van der Waals surface area contributed by atoms with E-state index in [0.717, 1.165) is 9.75 Å². The van der Waals surface area contributed by atoms with Crippen molar-refractivity contribution in [2.45, 2.75) is 45.1 Å². The molecule has 0 radical (unpaired) electrons. The van der Waals surface area contributed by atoms with E-state index < -0.39 is 0 Å². The van der Waals surface area contributed by atoms with E-state index in [1.165, 1.54) is 43.4 Å². The van der Waals surface area contributed by atoms with Gasteiger partial charge in [-0.2, -0.15) is 0 Å². The molecule has 1 heterocycles. The van der Waals surface area contributed by atoms with Gasteiger partial charge in [-0.25, -0.2) is 0 Å². The molecule has 1 saturated carbocycles. The van der Waals surface area contributed by atoms with E-state index >= 15 is 0 Å². The van der Waals surface area contributed by atoms with Crippen LogP contribution < -0.4 is 5.32 Å². The fraction of sp³-hybridized carbons (Fsp3) is 0.400. The molecule has 1 fully saturated rings. The normalized spacial score (nSPS) is 15.2. The number of nitrogens with one attached hydrogen (secondary N) is 1. The Morgan fingerprint density at radius 2 is 1.75 bits per heavy atom. The van der Waals surface area contributed by atoms with E-state index in [9.17, 15) is 9.59 Å². The molecule has 1 aliphatic carbocycles. The minimum absolute atomic E-state index is 0.0420. The van der Waals surface area contributed by atoms with Crippen molar-refractivity contribution < 1.29 is 9.59 Å². The summed E-state index contributed by atoms with van der Waals surface area (Å²) < 4.78 is 0. The molecule has 1 N–H and O–H groups in total. The van der Waals surface area contributed by atoms with Crippen molar-refractivity contribution in [3.05, 3.63) is 57.8 Å². The lowest BCUT2D eigenvalue weighted by Crippen LogP contribution is -2.25. The molecule has 0 saturated heterocycles. The highest BCUT2D eigenvalue weighted by molar-refractivity contribution is 7.14. The second-order valence-electron chi connectivity index (χ2n) is 6.45. The molecular formula is C20H23NO2S. The van der Waals surface area contributed by atoms with E-state index in [1.54, 1.807) is 0 Å². The number of hydrogen-bond donors (Lipinski definition) is 1. The Labute approximate surface area is 147 Å². The van der Waals surface area contributed by atoms with Crippen LogP contribution >= 0.6 is 11.3 Å². The molecule has 1 aromatic heterocycles. The third-order valence-electron chi connectivity index (χ3n) is 4.58. The highest BCUT2D eigenvalue weighted by Gasteiger charge is 2.17. The van der Waals surface area contributed by atoms with Gasteiger partial charge in [0.2, 0.25) is 11.7 Å². The highest BCUT2D eigenvalue weighted by atomic mass is 32.1. The van der Waals surface area contributed by atoms with Gasteiger partial charge in [-0.3, -0.25) is 9.59 Å². The molecule has 0 aliphatic heterocycles.